The third-order valence-electron chi connectivity index (χ3n) is 2.95. The Hall–Kier alpha value is -2.74. The Kier molecular flexibility index (Phi) is 4.33. The van der Waals surface area contributed by atoms with Gasteiger partial charge < -0.3 is 19.3 Å². The van der Waals surface area contributed by atoms with Crippen molar-refractivity contribution in [3.8, 4) is 17.4 Å². The molecule has 0 aliphatic heterocycles. The molecule has 7 nitrogen and oxygen atoms in total. The Morgan fingerprint density at radius 2 is 2.22 bits per heavy atom. The van der Waals surface area contributed by atoms with Crippen molar-refractivity contribution in [2.75, 3.05) is 11.1 Å². The summed E-state index contributed by atoms with van der Waals surface area (Å²) in [7, 11) is 0. The first-order valence-corrected chi connectivity index (χ1v) is 7.70. The molecule has 0 atom stereocenters. The fraction of sp³-hybridized carbons (Fsp3) is 0.133. The molecule has 0 saturated heterocycles. The molecule has 0 bridgehead atoms. The maximum atomic E-state index is 11.9. The molecule has 0 aliphatic rings. The van der Waals surface area contributed by atoms with Crippen molar-refractivity contribution in [3.05, 3.63) is 42.2 Å². The summed E-state index contributed by atoms with van der Waals surface area (Å²) in [5.41, 5.74) is 1.31. The number of nitrogens with zero attached hydrogens (tertiary/aromatic N) is 2. The molecule has 1 amide bonds. The average molecular weight is 331 g/mol. The van der Waals surface area contributed by atoms with Crippen molar-refractivity contribution in [3.63, 3.8) is 0 Å². The van der Waals surface area contributed by atoms with Crippen LogP contribution in [-0.4, -0.2) is 27.0 Å². The zero-order chi connectivity index (χ0) is 16.2. The first-order valence-electron chi connectivity index (χ1n) is 6.71. The summed E-state index contributed by atoms with van der Waals surface area (Å²) < 4.78 is 10.6. The monoisotopic (exact) mass is 331 g/mol. The SMILES string of the molecule is Cc1cc(NC(=O)CSc2nnc(-c3ccco3)o2)ccc1O. The number of thioether (sulfide) groups is 1. The summed E-state index contributed by atoms with van der Waals surface area (Å²) in [6, 6.07) is 8.29. The quantitative estimate of drug-likeness (QED) is 0.547. The fourth-order valence-electron chi connectivity index (χ4n) is 1.83. The van der Waals surface area contributed by atoms with Gasteiger partial charge in [0.15, 0.2) is 5.76 Å². The molecule has 0 aliphatic carbocycles. The van der Waals surface area contributed by atoms with E-state index < -0.39 is 0 Å². The number of carbonyl (C=O) groups is 1. The Balaban J connectivity index is 1.55. The smallest absolute Gasteiger partial charge is 0.284 e. The van der Waals surface area contributed by atoms with Crippen molar-refractivity contribution in [2.45, 2.75) is 12.1 Å². The molecular formula is C15H13N3O4S. The van der Waals surface area contributed by atoms with E-state index in [-0.39, 0.29) is 28.5 Å². The van der Waals surface area contributed by atoms with E-state index in [1.807, 2.05) is 0 Å². The van der Waals surface area contributed by atoms with Gasteiger partial charge in [0.05, 0.1) is 12.0 Å². The van der Waals surface area contributed by atoms with Crippen LogP contribution in [0.15, 0.2) is 50.7 Å². The molecule has 0 saturated carbocycles. The molecule has 0 spiro atoms. The van der Waals surface area contributed by atoms with Crippen molar-refractivity contribution in [1.82, 2.24) is 10.2 Å². The van der Waals surface area contributed by atoms with E-state index >= 15 is 0 Å². The van der Waals surface area contributed by atoms with E-state index in [1.165, 1.54) is 12.3 Å². The Morgan fingerprint density at radius 3 is 2.96 bits per heavy atom. The highest BCUT2D eigenvalue weighted by atomic mass is 32.2. The summed E-state index contributed by atoms with van der Waals surface area (Å²) >= 11 is 1.13. The lowest BCUT2D eigenvalue weighted by molar-refractivity contribution is -0.113. The number of aromatic hydroxyl groups is 1. The molecule has 0 unspecified atom stereocenters. The van der Waals surface area contributed by atoms with Gasteiger partial charge in [-0.1, -0.05) is 11.8 Å². The first kappa shape index (κ1) is 15.2. The van der Waals surface area contributed by atoms with E-state index in [4.69, 9.17) is 8.83 Å². The number of anilines is 1. The van der Waals surface area contributed by atoms with E-state index in [9.17, 15) is 9.90 Å². The van der Waals surface area contributed by atoms with Crippen LogP contribution < -0.4 is 5.32 Å². The van der Waals surface area contributed by atoms with Crippen LogP contribution in [0.1, 0.15) is 5.56 Å². The van der Waals surface area contributed by atoms with Gasteiger partial charge in [-0.15, -0.1) is 10.2 Å². The zero-order valence-corrected chi connectivity index (χ0v) is 13.0. The number of benzene rings is 1. The fourth-order valence-corrected chi connectivity index (χ4v) is 2.39. The molecule has 2 heterocycles. The molecule has 3 rings (SSSR count). The molecule has 8 heteroatoms. The van der Waals surface area contributed by atoms with Crippen molar-refractivity contribution in [1.29, 1.82) is 0 Å². The largest absolute Gasteiger partial charge is 0.508 e. The lowest BCUT2D eigenvalue weighted by Crippen LogP contribution is -2.14. The lowest BCUT2D eigenvalue weighted by atomic mass is 10.2. The van der Waals surface area contributed by atoms with E-state index in [0.717, 1.165) is 11.8 Å². The van der Waals surface area contributed by atoms with Crippen LogP contribution in [0.4, 0.5) is 5.69 Å². The second kappa shape index (κ2) is 6.57. The van der Waals surface area contributed by atoms with E-state index in [2.05, 4.69) is 15.5 Å². The summed E-state index contributed by atoms with van der Waals surface area (Å²) in [6.45, 7) is 1.76. The van der Waals surface area contributed by atoms with E-state index in [0.29, 0.717) is 17.0 Å². The van der Waals surface area contributed by atoms with Gasteiger partial charge in [-0.05, 0) is 42.8 Å². The predicted octanol–water partition coefficient (Wildman–Crippen LogP) is 3.07. The second-order valence-electron chi connectivity index (χ2n) is 4.69. The van der Waals surface area contributed by atoms with Gasteiger partial charge in [0.25, 0.3) is 11.1 Å². The highest BCUT2D eigenvalue weighted by molar-refractivity contribution is 7.99. The molecule has 0 radical (unpaired) electrons. The van der Waals surface area contributed by atoms with Crippen LogP contribution in [0.2, 0.25) is 0 Å². The van der Waals surface area contributed by atoms with Gasteiger partial charge in [-0.2, -0.15) is 0 Å². The number of carbonyl (C=O) groups excluding carboxylic acids is 1. The number of furan rings is 1. The number of aromatic nitrogens is 2. The molecule has 118 valence electrons. The maximum absolute atomic E-state index is 11.9. The van der Waals surface area contributed by atoms with Crippen LogP contribution in [0, 0.1) is 6.92 Å². The maximum Gasteiger partial charge on any atom is 0.284 e. The van der Waals surface area contributed by atoms with Crippen LogP contribution >= 0.6 is 11.8 Å². The summed E-state index contributed by atoms with van der Waals surface area (Å²) in [5.74, 6) is 0.853. The van der Waals surface area contributed by atoms with Crippen LogP contribution in [0.3, 0.4) is 0 Å². The van der Waals surface area contributed by atoms with Crippen molar-refractivity contribution < 1.29 is 18.7 Å². The Bertz CT molecular complexity index is 814. The number of nitrogens with one attached hydrogen (secondary N) is 1. The molecule has 3 aromatic rings. The summed E-state index contributed by atoms with van der Waals surface area (Å²) in [6.07, 6.45) is 1.51. The third kappa shape index (κ3) is 3.72. The van der Waals surface area contributed by atoms with Gasteiger partial charge in [-0.3, -0.25) is 4.79 Å². The number of rotatable bonds is 5. The summed E-state index contributed by atoms with van der Waals surface area (Å²) in [5, 5.41) is 20.2. The number of aryl methyl sites for hydroxylation is 1. The standard InChI is InChI=1S/C15H13N3O4S/c1-9-7-10(4-5-11(9)19)16-13(20)8-23-15-18-17-14(22-15)12-3-2-6-21-12/h2-7,19H,8H2,1H3,(H,16,20). The molecule has 1 aromatic carbocycles. The van der Waals surface area contributed by atoms with Gasteiger partial charge >= 0.3 is 0 Å². The number of amides is 1. The van der Waals surface area contributed by atoms with Crippen LogP contribution in [0.5, 0.6) is 5.75 Å². The second-order valence-corrected chi connectivity index (χ2v) is 5.62. The van der Waals surface area contributed by atoms with Crippen molar-refractivity contribution >= 4 is 23.4 Å². The Morgan fingerprint density at radius 1 is 1.35 bits per heavy atom. The zero-order valence-electron chi connectivity index (χ0n) is 12.1. The van der Waals surface area contributed by atoms with Crippen molar-refractivity contribution in [2.24, 2.45) is 0 Å². The minimum Gasteiger partial charge on any atom is -0.508 e. The topological polar surface area (TPSA) is 101 Å². The number of hydrogen-bond acceptors (Lipinski definition) is 7. The van der Waals surface area contributed by atoms with Crippen LogP contribution in [-0.2, 0) is 4.79 Å². The number of hydrogen-bond donors (Lipinski definition) is 2. The molecule has 23 heavy (non-hydrogen) atoms. The molecule has 0 fully saturated rings. The molecular weight excluding hydrogens is 318 g/mol. The summed E-state index contributed by atoms with van der Waals surface area (Å²) in [4.78, 5) is 11.9. The molecule has 2 aromatic heterocycles. The predicted molar refractivity (Wildman–Crippen MR) is 84.2 cm³/mol. The lowest BCUT2D eigenvalue weighted by Gasteiger charge is -2.06. The number of phenols is 1. The van der Waals surface area contributed by atoms with Gasteiger partial charge in [0, 0.05) is 5.69 Å². The average Bonchev–Trinajstić information content (AvgIpc) is 3.19. The van der Waals surface area contributed by atoms with Gasteiger partial charge in [0.2, 0.25) is 5.91 Å². The first-order chi connectivity index (χ1) is 11.1. The van der Waals surface area contributed by atoms with Gasteiger partial charge in [0.1, 0.15) is 5.75 Å². The minimum absolute atomic E-state index is 0.125. The number of phenolic OH excluding ortho intramolecular Hbond substituents is 1. The highest BCUT2D eigenvalue weighted by Crippen LogP contribution is 2.24. The van der Waals surface area contributed by atoms with Crippen LogP contribution in [0.25, 0.3) is 11.7 Å². The van der Waals surface area contributed by atoms with Gasteiger partial charge in [-0.25, -0.2) is 0 Å². The normalized spacial score (nSPS) is 10.7. The van der Waals surface area contributed by atoms with E-state index in [1.54, 1.807) is 31.2 Å². The Labute approximate surface area is 135 Å². The minimum atomic E-state index is -0.210. The molecule has 2 N–H and O–H groups in total. The highest BCUT2D eigenvalue weighted by Gasteiger charge is 2.13. The third-order valence-corrected chi connectivity index (χ3v) is 3.76.